The van der Waals surface area contributed by atoms with Crippen molar-refractivity contribution in [2.45, 2.75) is 38.9 Å². The van der Waals surface area contributed by atoms with Crippen LogP contribution in [-0.2, 0) is 10.0 Å². The second kappa shape index (κ2) is 5.09. The highest BCUT2D eigenvalue weighted by molar-refractivity contribution is 7.90. The summed E-state index contributed by atoms with van der Waals surface area (Å²) in [5.74, 6) is 0. The van der Waals surface area contributed by atoms with Gasteiger partial charge in [0, 0.05) is 13.1 Å². The van der Waals surface area contributed by atoms with Gasteiger partial charge >= 0.3 is 0 Å². The molecule has 0 radical (unpaired) electrons. The lowest BCUT2D eigenvalue weighted by Gasteiger charge is -2.29. The van der Waals surface area contributed by atoms with Crippen molar-refractivity contribution in [3.05, 3.63) is 0 Å². The Balaban J connectivity index is 4.81. The van der Waals surface area contributed by atoms with E-state index in [-0.39, 0.29) is 13.2 Å². The minimum Gasteiger partial charge on any atom is -0.395 e. The maximum atomic E-state index is 11.9. The molecule has 14 heavy (non-hydrogen) atoms. The van der Waals surface area contributed by atoms with E-state index >= 15 is 0 Å². The molecule has 86 valence electrons. The third kappa shape index (κ3) is 3.22. The first-order chi connectivity index (χ1) is 6.27. The van der Waals surface area contributed by atoms with Crippen molar-refractivity contribution in [1.82, 2.24) is 4.31 Å². The monoisotopic (exact) mass is 223 g/mol. The molecule has 0 aliphatic rings. The Bertz CT molecular complexity index is 248. The van der Waals surface area contributed by atoms with E-state index in [4.69, 9.17) is 5.11 Å². The standard InChI is InChI=1S/C9H21NO3S/c1-5-6-10(7-8-11)14(12,13)9(2,3)4/h11H,5-8H2,1-4H3. The molecule has 0 rings (SSSR count). The summed E-state index contributed by atoms with van der Waals surface area (Å²) < 4.78 is 24.5. The highest BCUT2D eigenvalue weighted by Crippen LogP contribution is 2.19. The molecular formula is C9H21NO3S. The number of rotatable bonds is 5. The van der Waals surface area contributed by atoms with Crippen LogP contribution in [0.4, 0.5) is 0 Å². The van der Waals surface area contributed by atoms with Gasteiger partial charge in [0.15, 0.2) is 0 Å². The molecule has 0 aromatic rings. The van der Waals surface area contributed by atoms with Crippen LogP contribution >= 0.6 is 0 Å². The average molecular weight is 223 g/mol. The lowest BCUT2D eigenvalue weighted by Crippen LogP contribution is -2.44. The van der Waals surface area contributed by atoms with Gasteiger partial charge in [-0.3, -0.25) is 0 Å². The van der Waals surface area contributed by atoms with Gasteiger partial charge in [-0.05, 0) is 27.2 Å². The summed E-state index contributed by atoms with van der Waals surface area (Å²) in [6.07, 6.45) is 0.759. The zero-order valence-corrected chi connectivity index (χ0v) is 10.3. The largest absolute Gasteiger partial charge is 0.395 e. The molecule has 0 aliphatic carbocycles. The van der Waals surface area contributed by atoms with Gasteiger partial charge in [0.2, 0.25) is 10.0 Å². The molecule has 1 N–H and O–H groups in total. The van der Waals surface area contributed by atoms with Crippen molar-refractivity contribution >= 4 is 10.0 Å². The molecule has 0 aromatic carbocycles. The zero-order valence-electron chi connectivity index (χ0n) is 9.45. The second-order valence-corrected chi connectivity index (χ2v) is 6.93. The smallest absolute Gasteiger partial charge is 0.219 e. The average Bonchev–Trinajstić information content (AvgIpc) is 2.02. The van der Waals surface area contributed by atoms with Crippen LogP contribution in [0.15, 0.2) is 0 Å². The van der Waals surface area contributed by atoms with Gasteiger partial charge < -0.3 is 5.11 Å². The Kier molecular flexibility index (Phi) is 5.05. The summed E-state index contributed by atoms with van der Waals surface area (Å²) in [7, 11) is -3.29. The van der Waals surface area contributed by atoms with Crippen LogP contribution in [0.1, 0.15) is 34.1 Å². The summed E-state index contributed by atoms with van der Waals surface area (Å²) in [4.78, 5) is 0. The van der Waals surface area contributed by atoms with E-state index in [1.807, 2.05) is 6.92 Å². The predicted molar refractivity (Wildman–Crippen MR) is 57.6 cm³/mol. The number of hydrogen-bond acceptors (Lipinski definition) is 3. The summed E-state index contributed by atoms with van der Waals surface area (Å²) in [6, 6.07) is 0. The predicted octanol–water partition coefficient (Wildman–Crippen LogP) is 0.819. The fraction of sp³-hybridized carbons (Fsp3) is 1.00. The molecule has 0 bridgehead atoms. The molecule has 0 fully saturated rings. The maximum Gasteiger partial charge on any atom is 0.219 e. The van der Waals surface area contributed by atoms with Crippen LogP contribution in [0, 0.1) is 0 Å². The first-order valence-electron chi connectivity index (χ1n) is 4.88. The van der Waals surface area contributed by atoms with E-state index in [0.717, 1.165) is 6.42 Å². The van der Waals surface area contributed by atoms with E-state index in [1.54, 1.807) is 20.8 Å². The van der Waals surface area contributed by atoms with E-state index in [2.05, 4.69) is 0 Å². The number of aliphatic hydroxyl groups is 1. The fourth-order valence-electron chi connectivity index (χ4n) is 1.10. The molecule has 0 saturated carbocycles. The lowest BCUT2D eigenvalue weighted by molar-refractivity contribution is 0.251. The summed E-state index contributed by atoms with van der Waals surface area (Å²) >= 11 is 0. The second-order valence-electron chi connectivity index (χ2n) is 4.24. The zero-order chi connectivity index (χ0) is 11.4. The summed E-state index contributed by atoms with van der Waals surface area (Å²) in [5, 5.41) is 8.79. The van der Waals surface area contributed by atoms with E-state index in [1.165, 1.54) is 4.31 Å². The number of aliphatic hydroxyl groups excluding tert-OH is 1. The van der Waals surface area contributed by atoms with Crippen molar-refractivity contribution in [2.75, 3.05) is 19.7 Å². The quantitative estimate of drug-likeness (QED) is 0.750. The summed E-state index contributed by atoms with van der Waals surface area (Å²) in [6.45, 7) is 7.46. The molecule has 0 aromatic heterocycles. The fourth-order valence-corrected chi connectivity index (χ4v) is 2.62. The third-order valence-corrected chi connectivity index (χ3v) is 4.53. The Hall–Kier alpha value is -0.130. The van der Waals surface area contributed by atoms with Gasteiger partial charge in [-0.15, -0.1) is 0 Å². The molecule has 5 heteroatoms. The van der Waals surface area contributed by atoms with Crippen LogP contribution in [0.2, 0.25) is 0 Å². The van der Waals surface area contributed by atoms with Gasteiger partial charge in [-0.2, -0.15) is 4.31 Å². The number of nitrogens with zero attached hydrogens (tertiary/aromatic N) is 1. The van der Waals surface area contributed by atoms with Gasteiger partial charge in [0.1, 0.15) is 0 Å². The number of sulfonamides is 1. The third-order valence-electron chi connectivity index (χ3n) is 1.94. The van der Waals surface area contributed by atoms with Crippen molar-refractivity contribution in [3.8, 4) is 0 Å². The molecule has 0 heterocycles. The van der Waals surface area contributed by atoms with Crippen LogP contribution in [0.3, 0.4) is 0 Å². The van der Waals surface area contributed by atoms with Crippen LogP contribution in [0.25, 0.3) is 0 Å². The van der Waals surface area contributed by atoms with Crippen LogP contribution in [0.5, 0.6) is 0 Å². The molecule has 0 spiro atoms. The minimum absolute atomic E-state index is 0.130. The Morgan fingerprint density at radius 2 is 1.71 bits per heavy atom. The van der Waals surface area contributed by atoms with Gasteiger partial charge in [-0.25, -0.2) is 8.42 Å². The molecule has 0 unspecified atom stereocenters. The Morgan fingerprint density at radius 3 is 2.00 bits per heavy atom. The van der Waals surface area contributed by atoms with Crippen molar-refractivity contribution < 1.29 is 13.5 Å². The molecule has 0 atom stereocenters. The topological polar surface area (TPSA) is 57.6 Å². The highest BCUT2D eigenvalue weighted by Gasteiger charge is 2.34. The molecule has 0 aliphatic heterocycles. The highest BCUT2D eigenvalue weighted by atomic mass is 32.2. The van der Waals surface area contributed by atoms with Gasteiger partial charge in [-0.1, -0.05) is 6.92 Å². The van der Waals surface area contributed by atoms with Crippen LogP contribution < -0.4 is 0 Å². The van der Waals surface area contributed by atoms with Crippen molar-refractivity contribution in [1.29, 1.82) is 0 Å². The molecule has 0 amide bonds. The minimum atomic E-state index is -3.29. The van der Waals surface area contributed by atoms with Crippen molar-refractivity contribution in [3.63, 3.8) is 0 Å². The maximum absolute atomic E-state index is 11.9. The normalized spacial score (nSPS) is 13.6. The Labute approximate surface area is 87.0 Å². The number of hydrogen-bond donors (Lipinski definition) is 1. The van der Waals surface area contributed by atoms with Crippen molar-refractivity contribution in [2.24, 2.45) is 0 Å². The van der Waals surface area contributed by atoms with E-state index < -0.39 is 14.8 Å². The van der Waals surface area contributed by atoms with Gasteiger partial charge in [0.25, 0.3) is 0 Å². The SMILES string of the molecule is CCCN(CCO)S(=O)(=O)C(C)(C)C. The lowest BCUT2D eigenvalue weighted by atomic mass is 10.3. The Morgan fingerprint density at radius 1 is 1.21 bits per heavy atom. The first-order valence-corrected chi connectivity index (χ1v) is 6.32. The van der Waals surface area contributed by atoms with Gasteiger partial charge in [0.05, 0.1) is 11.4 Å². The van der Waals surface area contributed by atoms with E-state index in [0.29, 0.717) is 6.54 Å². The molecular weight excluding hydrogens is 202 g/mol. The summed E-state index contributed by atoms with van der Waals surface area (Å²) in [5.41, 5.74) is 0. The molecule has 4 nitrogen and oxygen atoms in total. The van der Waals surface area contributed by atoms with E-state index in [9.17, 15) is 8.42 Å². The first kappa shape index (κ1) is 13.9. The van der Waals surface area contributed by atoms with Crippen LogP contribution in [-0.4, -0.2) is 42.3 Å². The molecule has 0 saturated heterocycles.